The topological polar surface area (TPSA) is 126 Å². The second-order valence-corrected chi connectivity index (χ2v) is 9.39. The van der Waals surface area contributed by atoms with E-state index in [-0.39, 0.29) is 33.6 Å². The molecule has 0 unspecified atom stereocenters. The molecule has 204 valence electrons. The Morgan fingerprint density at radius 1 is 1.00 bits per heavy atom. The largest absolute Gasteiger partial charge is 0.493 e. The zero-order valence-electron chi connectivity index (χ0n) is 21.2. The van der Waals surface area contributed by atoms with Crippen molar-refractivity contribution in [2.24, 2.45) is 5.10 Å². The monoisotopic (exact) mass is 588 g/mol. The number of hydrogen-bond donors (Lipinski definition) is 0. The molecule has 12 heteroatoms. The molecule has 0 bridgehead atoms. The first-order valence-electron chi connectivity index (χ1n) is 11.9. The Hall–Kier alpha value is -5.06. The van der Waals surface area contributed by atoms with E-state index in [4.69, 9.17) is 32.7 Å². The number of non-ortho nitro benzene ring substituents is 1. The molecule has 0 aliphatic rings. The number of hydrogen-bond acceptors (Lipinski definition) is 8. The van der Waals surface area contributed by atoms with Crippen LogP contribution in [0.3, 0.4) is 0 Å². The summed E-state index contributed by atoms with van der Waals surface area (Å²) < 4.78 is 12.0. The number of rotatable bonds is 7. The molecule has 5 rings (SSSR count). The fourth-order valence-electron chi connectivity index (χ4n) is 3.93. The average molecular weight is 589 g/mol. The molecule has 0 fully saturated rings. The summed E-state index contributed by atoms with van der Waals surface area (Å²) in [6, 6.07) is 21.6. The predicted octanol–water partition coefficient (Wildman–Crippen LogP) is 6.39. The highest BCUT2D eigenvalue weighted by molar-refractivity contribution is 6.36. The van der Waals surface area contributed by atoms with Gasteiger partial charge in [-0.25, -0.2) is 9.78 Å². The summed E-state index contributed by atoms with van der Waals surface area (Å²) in [4.78, 5) is 41.3. The Labute approximate surface area is 242 Å². The van der Waals surface area contributed by atoms with Gasteiger partial charge in [0.15, 0.2) is 17.3 Å². The van der Waals surface area contributed by atoms with Crippen LogP contribution in [0.25, 0.3) is 22.3 Å². The summed E-state index contributed by atoms with van der Waals surface area (Å²) in [6.07, 6.45) is 1.41. The second-order valence-electron chi connectivity index (χ2n) is 8.54. The molecule has 5 aromatic rings. The Balaban J connectivity index is 1.50. The van der Waals surface area contributed by atoms with Crippen LogP contribution in [0, 0.1) is 10.1 Å². The molecule has 10 nitrogen and oxygen atoms in total. The van der Waals surface area contributed by atoms with Gasteiger partial charge >= 0.3 is 5.97 Å². The van der Waals surface area contributed by atoms with E-state index in [0.717, 1.165) is 4.68 Å². The van der Waals surface area contributed by atoms with Crippen molar-refractivity contribution in [1.82, 2.24) is 9.66 Å². The van der Waals surface area contributed by atoms with Crippen LogP contribution in [-0.4, -0.2) is 33.9 Å². The quantitative estimate of drug-likeness (QED) is 0.0708. The minimum Gasteiger partial charge on any atom is -0.493 e. The number of fused-ring (bicyclic) bond motifs is 1. The van der Waals surface area contributed by atoms with Gasteiger partial charge in [0.25, 0.3) is 11.2 Å². The van der Waals surface area contributed by atoms with Crippen molar-refractivity contribution in [2.45, 2.75) is 0 Å². The van der Waals surface area contributed by atoms with Crippen molar-refractivity contribution in [2.75, 3.05) is 7.11 Å². The Kier molecular flexibility index (Phi) is 7.77. The minimum atomic E-state index is -0.701. The Morgan fingerprint density at radius 2 is 1.76 bits per heavy atom. The van der Waals surface area contributed by atoms with Crippen molar-refractivity contribution in [3.05, 3.63) is 127 Å². The first-order valence-corrected chi connectivity index (χ1v) is 12.7. The van der Waals surface area contributed by atoms with Gasteiger partial charge in [0.1, 0.15) is 0 Å². The maximum atomic E-state index is 13.4. The van der Waals surface area contributed by atoms with E-state index in [1.54, 1.807) is 36.4 Å². The molecular formula is C29H18Cl2N4O6. The lowest BCUT2D eigenvalue weighted by molar-refractivity contribution is -0.384. The molecule has 4 aromatic carbocycles. The van der Waals surface area contributed by atoms with Gasteiger partial charge < -0.3 is 9.47 Å². The number of halogens is 2. The smallest absolute Gasteiger partial charge is 0.345 e. The number of para-hydroxylation sites is 1. The highest BCUT2D eigenvalue weighted by atomic mass is 35.5. The van der Waals surface area contributed by atoms with Crippen molar-refractivity contribution in [1.29, 1.82) is 0 Å². The third-order valence-corrected chi connectivity index (χ3v) is 6.50. The molecule has 0 aliphatic carbocycles. The maximum absolute atomic E-state index is 13.4. The van der Waals surface area contributed by atoms with Gasteiger partial charge in [-0.2, -0.15) is 9.78 Å². The molecule has 0 radical (unpaired) electrons. The number of carbonyl (C=O) groups is 1. The number of benzene rings is 4. The van der Waals surface area contributed by atoms with Crippen LogP contribution >= 0.6 is 23.2 Å². The maximum Gasteiger partial charge on any atom is 0.345 e. The van der Waals surface area contributed by atoms with E-state index in [9.17, 15) is 19.7 Å². The zero-order chi connectivity index (χ0) is 29.1. The van der Waals surface area contributed by atoms with Gasteiger partial charge in [-0.05, 0) is 66.2 Å². The van der Waals surface area contributed by atoms with Gasteiger partial charge in [-0.3, -0.25) is 14.9 Å². The lowest BCUT2D eigenvalue weighted by Gasteiger charge is -2.11. The van der Waals surface area contributed by atoms with Crippen LogP contribution in [0.5, 0.6) is 11.5 Å². The number of carbonyl (C=O) groups excluding carboxylic acids is 1. The molecule has 1 aromatic heterocycles. The van der Waals surface area contributed by atoms with Crippen LogP contribution in [0.2, 0.25) is 10.0 Å². The lowest BCUT2D eigenvalue weighted by atomic mass is 10.1. The Morgan fingerprint density at radius 3 is 2.46 bits per heavy atom. The predicted molar refractivity (Wildman–Crippen MR) is 155 cm³/mol. The summed E-state index contributed by atoms with van der Waals surface area (Å²) in [5, 5.41) is 16.3. The number of nitro groups is 1. The molecular weight excluding hydrogens is 571 g/mol. The third kappa shape index (κ3) is 5.79. The third-order valence-electron chi connectivity index (χ3n) is 5.95. The standard InChI is InChI=1S/C29H18Cl2N4O6/c1-40-26-14-17(6-13-25(26)41-29(37)21-12-9-19(30)15-23(21)31)16-32-34-27(18-7-10-20(11-8-18)35(38)39)33-24-5-3-2-4-22(24)28(34)36/h2-16H,1H3. The summed E-state index contributed by atoms with van der Waals surface area (Å²) >= 11 is 12.0. The van der Waals surface area contributed by atoms with Gasteiger partial charge in [-0.15, -0.1) is 0 Å². The van der Waals surface area contributed by atoms with Crippen LogP contribution < -0.4 is 15.0 Å². The highest BCUT2D eigenvalue weighted by Crippen LogP contribution is 2.30. The van der Waals surface area contributed by atoms with Gasteiger partial charge in [0.2, 0.25) is 0 Å². The van der Waals surface area contributed by atoms with Crippen molar-refractivity contribution in [3.8, 4) is 22.9 Å². The van der Waals surface area contributed by atoms with E-state index >= 15 is 0 Å². The molecule has 0 N–H and O–H groups in total. The van der Waals surface area contributed by atoms with Crippen LogP contribution in [0.15, 0.2) is 94.8 Å². The summed E-state index contributed by atoms with van der Waals surface area (Å²) in [6.45, 7) is 0. The number of nitrogens with zero attached hydrogens (tertiary/aromatic N) is 4. The van der Waals surface area contributed by atoms with Crippen LogP contribution in [0.4, 0.5) is 5.69 Å². The van der Waals surface area contributed by atoms with E-state index in [1.807, 2.05) is 0 Å². The fraction of sp³-hybridized carbons (Fsp3) is 0.0345. The van der Waals surface area contributed by atoms with E-state index in [0.29, 0.717) is 27.1 Å². The van der Waals surface area contributed by atoms with Crippen molar-refractivity contribution in [3.63, 3.8) is 0 Å². The molecule has 0 aliphatic heterocycles. The van der Waals surface area contributed by atoms with E-state index in [1.165, 1.54) is 61.9 Å². The van der Waals surface area contributed by atoms with E-state index < -0.39 is 16.5 Å². The molecule has 0 atom stereocenters. The number of methoxy groups -OCH3 is 1. The van der Waals surface area contributed by atoms with Crippen molar-refractivity contribution >= 4 is 52.0 Å². The van der Waals surface area contributed by atoms with Crippen LogP contribution in [0.1, 0.15) is 15.9 Å². The zero-order valence-corrected chi connectivity index (χ0v) is 22.7. The minimum absolute atomic E-state index is 0.0989. The number of aromatic nitrogens is 2. The van der Waals surface area contributed by atoms with Gasteiger partial charge in [0, 0.05) is 22.7 Å². The molecule has 0 amide bonds. The molecule has 41 heavy (non-hydrogen) atoms. The Bertz CT molecular complexity index is 1910. The van der Waals surface area contributed by atoms with E-state index in [2.05, 4.69) is 10.1 Å². The van der Waals surface area contributed by atoms with Crippen molar-refractivity contribution < 1.29 is 19.2 Å². The SMILES string of the molecule is COc1cc(C=Nn2c(-c3ccc([N+](=O)[O-])cc3)nc3ccccc3c2=O)ccc1OC(=O)c1ccc(Cl)cc1Cl. The van der Waals surface area contributed by atoms with Crippen LogP contribution in [-0.2, 0) is 0 Å². The first kappa shape index (κ1) is 27.5. The van der Waals surface area contributed by atoms with Gasteiger partial charge in [0.05, 0.1) is 39.7 Å². The lowest BCUT2D eigenvalue weighted by Crippen LogP contribution is -2.20. The molecule has 1 heterocycles. The number of ether oxygens (including phenoxy) is 2. The second kappa shape index (κ2) is 11.6. The first-order chi connectivity index (χ1) is 19.7. The molecule has 0 spiro atoms. The average Bonchev–Trinajstić information content (AvgIpc) is 2.97. The number of nitro benzene ring substituents is 1. The summed E-state index contributed by atoms with van der Waals surface area (Å²) in [5.74, 6) is -0.145. The molecule has 0 saturated heterocycles. The number of esters is 1. The highest BCUT2D eigenvalue weighted by Gasteiger charge is 2.17. The normalized spacial score (nSPS) is 11.1. The molecule has 0 saturated carbocycles. The van der Waals surface area contributed by atoms with Gasteiger partial charge in [-0.1, -0.05) is 35.3 Å². The summed E-state index contributed by atoms with van der Waals surface area (Å²) in [7, 11) is 1.41. The summed E-state index contributed by atoms with van der Waals surface area (Å²) in [5.41, 5.74) is 1.02. The fourth-order valence-corrected chi connectivity index (χ4v) is 4.42.